The Balaban J connectivity index is 0. The Bertz CT molecular complexity index is 4.14. The summed E-state index contributed by atoms with van der Waals surface area (Å²) in [6.45, 7) is 0. The van der Waals surface area contributed by atoms with Crippen LogP contribution in [0, 0.1) is 0 Å². The molecular weight excluding hydrogens is 218 g/mol. The minimum absolute atomic E-state index is 0. The number of hydrogen-bond acceptors (Lipinski definition) is 0. The second-order valence-electron chi connectivity index (χ2n) is 0. The van der Waals surface area contributed by atoms with E-state index in [9.17, 15) is 0 Å². The zero-order valence-corrected chi connectivity index (χ0v) is 1.46. The Morgan fingerprint density at radius 1 is 0.286 bits per heavy atom. The smallest absolute Gasteiger partial charge is 0 e. The third-order valence-electron chi connectivity index (χ3n) is 0. The monoisotopic (exact) mass is 236 g/mol. The number of hydrogen-bond donors (Lipinski definition) is 0. The second-order valence-corrected chi connectivity index (χ2v) is 0. The van der Waals surface area contributed by atoms with E-state index in [1.165, 1.54) is 0 Å². The van der Waals surface area contributed by atoms with Crippen molar-refractivity contribution in [3.05, 3.63) is 0 Å². The van der Waals surface area contributed by atoms with Crippen LogP contribution in [0.2, 0.25) is 0 Å². The summed E-state index contributed by atoms with van der Waals surface area (Å²) in [6.07, 6.45) is 0. The summed E-state index contributed by atoms with van der Waals surface area (Å²) < 4.78 is 0. The quantitative estimate of drug-likeness (QED) is 0.366. The summed E-state index contributed by atoms with van der Waals surface area (Å²) in [5.74, 6) is 0. The summed E-state index contributed by atoms with van der Waals surface area (Å²) in [4.78, 5) is 0. The summed E-state index contributed by atoms with van der Waals surface area (Å²) in [5.41, 5.74) is 0. The van der Waals surface area contributed by atoms with Crippen LogP contribution in [0.15, 0.2) is 0 Å². The minimum Gasteiger partial charge on any atom is 0 e. The summed E-state index contributed by atoms with van der Waals surface area (Å²) in [7, 11) is 0. The zero-order valence-electron chi connectivity index (χ0n) is 0.354. The van der Waals surface area contributed by atoms with Crippen molar-refractivity contribution in [1.82, 2.24) is 0 Å². The maximum absolute atomic E-state index is 0. The SMILES string of the molecule is [AlH3].[AlH3].[AlH3].[AlH3].[AlH3].[AlH3].[Fe]. The molecule has 0 bridgehead atoms. The molecular formula is H18Al6Fe. The van der Waals surface area contributed by atoms with E-state index in [0.29, 0.717) is 0 Å². The predicted molar refractivity (Wildman–Crippen MR) is 59.6 cm³/mol. The van der Waals surface area contributed by atoms with E-state index in [1.807, 2.05) is 0 Å². The van der Waals surface area contributed by atoms with Crippen molar-refractivity contribution in [3.63, 3.8) is 0 Å². The maximum atomic E-state index is 0. The fraction of sp³-hybridized carbons (Fsp3) is 0. The normalized spacial score (nSPS) is 0. The Hall–Kier alpha value is 3.71. The van der Waals surface area contributed by atoms with Gasteiger partial charge < -0.3 is 0 Å². The Labute approximate surface area is 119 Å². The zero-order chi connectivity index (χ0) is 0. The molecule has 0 aliphatic rings. The fourth-order valence-electron chi connectivity index (χ4n) is 0. The van der Waals surface area contributed by atoms with Gasteiger partial charge in [0.05, 0.1) is 0 Å². The van der Waals surface area contributed by atoms with Crippen molar-refractivity contribution in [2.24, 2.45) is 0 Å². The molecule has 0 aromatic carbocycles. The molecule has 0 fully saturated rings. The molecule has 0 amide bonds. The van der Waals surface area contributed by atoms with Gasteiger partial charge in [0.15, 0.2) is 104 Å². The van der Waals surface area contributed by atoms with Crippen LogP contribution >= 0.6 is 0 Å². The van der Waals surface area contributed by atoms with Crippen molar-refractivity contribution >= 4 is 104 Å². The van der Waals surface area contributed by atoms with E-state index < -0.39 is 0 Å². The number of rotatable bonds is 0. The van der Waals surface area contributed by atoms with Crippen LogP contribution in [0.4, 0.5) is 0 Å². The van der Waals surface area contributed by atoms with Gasteiger partial charge in [0.25, 0.3) is 0 Å². The molecule has 0 nitrogen and oxygen atoms in total. The Morgan fingerprint density at radius 3 is 0.286 bits per heavy atom. The molecule has 0 aromatic rings. The average molecular weight is 236 g/mol. The van der Waals surface area contributed by atoms with Crippen LogP contribution in [0.5, 0.6) is 0 Å². The van der Waals surface area contributed by atoms with Crippen LogP contribution in [-0.4, -0.2) is 104 Å². The van der Waals surface area contributed by atoms with Crippen LogP contribution in [0.3, 0.4) is 0 Å². The van der Waals surface area contributed by atoms with E-state index in [4.69, 9.17) is 0 Å². The van der Waals surface area contributed by atoms with Crippen molar-refractivity contribution in [3.8, 4) is 0 Å². The van der Waals surface area contributed by atoms with E-state index in [-0.39, 0.29) is 121 Å². The Morgan fingerprint density at radius 2 is 0.286 bits per heavy atom. The third-order valence-corrected chi connectivity index (χ3v) is 0. The Kier molecular flexibility index (Phi) is 560. The molecule has 0 heterocycles. The first-order chi connectivity index (χ1) is 0. The van der Waals surface area contributed by atoms with E-state index in [0.717, 1.165) is 0 Å². The van der Waals surface area contributed by atoms with Crippen molar-refractivity contribution < 1.29 is 17.1 Å². The van der Waals surface area contributed by atoms with Crippen molar-refractivity contribution in [2.75, 3.05) is 0 Å². The van der Waals surface area contributed by atoms with Gasteiger partial charge in [-0.1, -0.05) is 0 Å². The molecule has 0 radical (unpaired) electrons. The largest absolute Gasteiger partial charge is 0.187 e. The molecule has 0 unspecified atom stereocenters. The first-order valence-electron chi connectivity index (χ1n) is 0. The van der Waals surface area contributed by atoms with Gasteiger partial charge in [-0.05, 0) is 0 Å². The van der Waals surface area contributed by atoms with Gasteiger partial charge in [0.1, 0.15) is 0 Å². The first-order valence-corrected chi connectivity index (χ1v) is 0. The predicted octanol–water partition coefficient (Wildman–Crippen LogP) is -7.11. The molecule has 44 valence electrons. The van der Waals surface area contributed by atoms with Crippen LogP contribution in [-0.2, 0) is 17.1 Å². The summed E-state index contributed by atoms with van der Waals surface area (Å²) >= 11 is 0. The average Bonchev–Trinajstić information content (AvgIpc) is 0. The standard InChI is InChI=1S/6Al.Fe.18H. The second kappa shape index (κ2) is 53.5. The molecule has 0 atom stereocenters. The molecule has 0 aromatic heterocycles. The van der Waals surface area contributed by atoms with Gasteiger partial charge >= 0.3 is 0 Å². The van der Waals surface area contributed by atoms with Gasteiger partial charge in [-0.3, -0.25) is 0 Å². The van der Waals surface area contributed by atoms with Crippen molar-refractivity contribution in [2.45, 2.75) is 0 Å². The van der Waals surface area contributed by atoms with Crippen LogP contribution in [0.25, 0.3) is 0 Å². The maximum Gasteiger partial charge on any atom is 0.187 e. The molecule has 0 spiro atoms. The van der Waals surface area contributed by atoms with Crippen molar-refractivity contribution in [1.29, 1.82) is 0 Å². The molecule has 0 saturated carbocycles. The van der Waals surface area contributed by atoms with Crippen LogP contribution in [0.1, 0.15) is 0 Å². The fourth-order valence-corrected chi connectivity index (χ4v) is 0. The topological polar surface area (TPSA) is 0 Å². The third kappa shape index (κ3) is 41.9. The molecule has 0 aliphatic heterocycles. The first kappa shape index (κ1) is 73.3. The van der Waals surface area contributed by atoms with E-state index >= 15 is 0 Å². The van der Waals surface area contributed by atoms with E-state index in [2.05, 4.69) is 0 Å². The molecule has 0 saturated heterocycles. The minimum atomic E-state index is 0. The van der Waals surface area contributed by atoms with Gasteiger partial charge in [0.2, 0.25) is 0 Å². The summed E-state index contributed by atoms with van der Waals surface area (Å²) in [5, 5.41) is 0. The molecule has 0 aliphatic carbocycles. The van der Waals surface area contributed by atoms with Gasteiger partial charge in [0, 0.05) is 17.1 Å². The molecule has 7 heteroatoms. The van der Waals surface area contributed by atoms with Gasteiger partial charge in [-0.25, -0.2) is 0 Å². The van der Waals surface area contributed by atoms with Gasteiger partial charge in [-0.15, -0.1) is 0 Å². The molecule has 0 N–H and O–H groups in total. The molecule has 7 heavy (non-hydrogen) atoms. The molecule has 0 rings (SSSR count). The summed E-state index contributed by atoms with van der Waals surface area (Å²) in [6, 6.07) is 0. The van der Waals surface area contributed by atoms with Gasteiger partial charge in [-0.2, -0.15) is 0 Å². The van der Waals surface area contributed by atoms with Crippen LogP contribution < -0.4 is 0 Å². The van der Waals surface area contributed by atoms with E-state index in [1.54, 1.807) is 0 Å².